The summed E-state index contributed by atoms with van der Waals surface area (Å²) < 4.78 is 12.8. The number of benzene rings is 2. The first-order valence-corrected chi connectivity index (χ1v) is 22.2. The second kappa shape index (κ2) is 16.7. The highest BCUT2D eigenvalue weighted by Crippen LogP contribution is 2.55. The normalized spacial score (nSPS) is 25.3. The molecule has 8 rings (SSSR count). The van der Waals surface area contributed by atoms with Crippen molar-refractivity contribution in [3.05, 3.63) is 76.0 Å². The van der Waals surface area contributed by atoms with Crippen molar-refractivity contribution in [1.82, 2.24) is 30.6 Å². The van der Waals surface area contributed by atoms with E-state index >= 15 is 0 Å². The Balaban J connectivity index is 0.797. The Morgan fingerprint density at radius 1 is 0.905 bits per heavy atom. The highest BCUT2D eigenvalue weighted by molar-refractivity contribution is 6.23. The fourth-order valence-corrected chi connectivity index (χ4v) is 11.0. The molecule has 4 heterocycles. The van der Waals surface area contributed by atoms with Crippen LogP contribution in [-0.2, 0) is 9.59 Å². The molecule has 2 saturated carbocycles. The summed E-state index contributed by atoms with van der Waals surface area (Å²) in [4.78, 5) is 69.8. The lowest BCUT2D eigenvalue weighted by molar-refractivity contribution is -0.164. The average Bonchev–Trinajstić information content (AvgIpc) is 3.47. The Morgan fingerprint density at radius 2 is 1.57 bits per heavy atom. The van der Waals surface area contributed by atoms with Gasteiger partial charge in [-0.05, 0) is 106 Å². The molecule has 5 amide bonds. The van der Waals surface area contributed by atoms with Gasteiger partial charge in [0, 0.05) is 67.9 Å². The van der Waals surface area contributed by atoms with E-state index in [0.717, 1.165) is 72.9 Å². The van der Waals surface area contributed by atoms with E-state index in [4.69, 9.17) is 9.47 Å². The van der Waals surface area contributed by atoms with Gasteiger partial charge in [-0.3, -0.25) is 39.1 Å². The van der Waals surface area contributed by atoms with Crippen molar-refractivity contribution in [2.24, 2.45) is 16.7 Å². The molecule has 3 aromatic rings. The Labute approximate surface area is 368 Å². The van der Waals surface area contributed by atoms with Crippen molar-refractivity contribution >= 4 is 35.4 Å². The molecule has 3 aliphatic heterocycles. The molecule has 2 aromatic carbocycles. The Hall–Kier alpha value is -5.88. The molecule has 1 unspecified atom stereocenters. The number of nitriles is 1. The third-order valence-corrected chi connectivity index (χ3v) is 14.2. The SMILES string of the molecule is Cc1cc(OC2C(C)(C)C(NC(=O)c3ccc(N4CCC(CN(C(C)C)C5CC(Oc6ccc7c(c6)C(=O)N(C6CCC(=O)NC6=O)C7=O)C5)CC4)nn3)C2(C)C)cc(C)c1C#N. The monoisotopic (exact) mass is 858 g/mol. The van der Waals surface area contributed by atoms with E-state index < -0.39 is 29.7 Å². The maximum atomic E-state index is 13.5. The Morgan fingerprint density at radius 3 is 2.17 bits per heavy atom. The minimum Gasteiger partial charge on any atom is -0.490 e. The van der Waals surface area contributed by atoms with Crippen LogP contribution in [0.15, 0.2) is 42.5 Å². The number of fused-ring (bicyclic) bond motifs is 1. The van der Waals surface area contributed by atoms with Crippen LogP contribution in [0.1, 0.15) is 128 Å². The zero-order valence-electron chi connectivity index (χ0n) is 37.5. The molecule has 2 aliphatic carbocycles. The molecular weight excluding hydrogens is 801 g/mol. The molecule has 1 atom stereocenters. The van der Waals surface area contributed by atoms with Gasteiger partial charge in [0.2, 0.25) is 11.8 Å². The second-order valence-corrected chi connectivity index (χ2v) is 19.6. The number of hydrogen-bond acceptors (Lipinski definition) is 12. The molecule has 4 fully saturated rings. The van der Waals surface area contributed by atoms with E-state index in [1.807, 2.05) is 32.0 Å². The van der Waals surface area contributed by atoms with Gasteiger partial charge in [0.15, 0.2) is 11.5 Å². The fourth-order valence-electron chi connectivity index (χ4n) is 11.0. The van der Waals surface area contributed by atoms with Crippen LogP contribution in [0.3, 0.4) is 0 Å². The summed E-state index contributed by atoms with van der Waals surface area (Å²) in [5.74, 6) is 0.129. The van der Waals surface area contributed by atoms with Crippen LogP contribution in [0, 0.1) is 41.9 Å². The molecule has 2 saturated heterocycles. The standard InChI is InChI=1S/C48H58N8O7/c1-26(2)55(30-21-33(22-30)62-31-9-10-34-35(23-31)44(61)56(43(34)60)38-12-14-40(57)50-42(38)59)25-29-15-17-54(18-16-29)39-13-11-37(52-53-39)41(58)51-45-47(5,6)46(48(45,7)8)63-32-19-27(3)36(24-49)28(4)20-32/h9-11,13,19-20,23,26,29-30,33,38,45-46H,12,14-18,21-22,25H2,1-8H3,(H,51,58)(H,50,57,59). The number of imide groups is 2. The van der Waals surface area contributed by atoms with E-state index in [1.54, 1.807) is 24.3 Å². The van der Waals surface area contributed by atoms with Gasteiger partial charge in [-0.15, -0.1) is 10.2 Å². The van der Waals surface area contributed by atoms with Crippen LogP contribution in [0.4, 0.5) is 5.82 Å². The van der Waals surface area contributed by atoms with Gasteiger partial charge in [0.05, 0.1) is 22.8 Å². The number of anilines is 1. The Kier molecular flexibility index (Phi) is 11.6. The molecule has 15 nitrogen and oxygen atoms in total. The third kappa shape index (κ3) is 8.14. The van der Waals surface area contributed by atoms with Gasteiger partial charge in [-0.1, -0.05) is 27.7 Å². The maximum Gasteiger partial charge on any atom is 0.272 e. The van der Waals surface area contributed by atoms with Gasteiger partial charge in [0.1, 0.15) is 29.7 Å². The molecule has 0 spiro atoms. The van der Waals surface area contributed by atoms with Crippen molar-refractivity contribution in [1.29, 1.82) is 5.26 Å². The van der Waals surface area contributed by atoms with Crippen molar-refractivity contribution in [3.8, 4) is 17.6 Å². The number of rotatable bonds is 12. The highest BCUT2D eigenvalue weighted by atomic mass is 16.5. The zero-order chi connectivity index (χ0) is 45.1. The minimum absolute atomic E-state index is 0.0234. The van der Waals surface area contributed by atoms with Gasteiger partial charge in [-0.2, -0.15) is 5.26 Å². The average molecular weight is 859 g/mol. The van der Waals surface area contributed by atoms with E-state index in [2.05, 4.69) is 78.2 Å². The van der Waals surface area contributed by atoms with E-state index in [0.29, 0.717) is 29.3 Å². The fraction of sp³-hybridized carbons (Fsp3) is 0.542. The lowest BCUT2D eigenvalue weighted by Crippen LogP contribution is -2.74. The lowest BCUT2D eigenvalue weighted by Gasteiger charge is -2.63. The molecule has 332 valence electrons. The van der Waals surface area contributed by atoms with Gasteiger partial charge < -0.3 is 19.7 Å². The van der Waals surface area contributed by atoms with Crippen LogP contribution < -0.4 is 25.0 Å². The molecular formula is C48H58N8O7. The van der Waals surface area contributed by atoms with E-state index in [9.17, 15) is 29.2 Å². The number of aromatic nitrogens is 2. The Bertz CT molecular complexity index is 2340. The van der Waals surface area contributed by atoms with Crippen LogP contribution in [0.25, 0.3) is 0 Å². The van der Waals surface area contributed by atoms with Gasteiger partial charge >= 0.3 is 0 Å². The first-order chi connectivity index (χ1) is 29.9. The summed E-state index contributed by atoms with van der Waals surface area (Å²) in [7, 11) is 0. The maximum absolute atomic E-state index is 13.5. The van der Waals surface area contributed by atoms with E-state index in [-0.39, 0.29) is 64.6 Å². The number of ether oxygens (including phenoxy) is 2. The predicted octanol–water partition coefficient (Wildman–Crippen LogP) is 5.52. The minimum atomic E-state index is -1.01. The summed E-state index contributed by atoms with van der Waals surface area (Å²) in [5, 5.41) is 23.8. The molecule has 2 N–H and O–H groups in total. The number of aryl methyl sites for hydroxylation is 2. The third-order valence-electron chi connectivity index (χ3n) is 14.2. The summed E-state index contributed by atoms with van der Waals surface area (Å²) in [5.41, 5.74) is 2.41. The van der Waals surface area contributed by atoms with Gasteiger partial charge in [0.25, 0.3) is 17.7 Å². The predicted molar refractivity (Wildman–Crippen MR) is 233 cm³/mol. The molecule has 0 radical (unpaired) electrons. The largest absolute Gasteiger partial charge is 0.490 e. The molecule has 63 heavy (non-hydrogen) atoms. The smallest absolute Gasteiger partial charge is 0.272 e. The number of hydrogen-bond donors (Lipinski definition) is 2. The number of nitrogens with one attached hydrogen (secondary N) is 2. The first kappa shape index (κ1) is 43.8. The summed E-state index contributed by atoms with van der Waals surface area (Å²) >= 11 is 0. The lowest BCUT2D eigenvalue weighted by atomic mass is 9.49. The van der Waals surface area contributed by atoms with Crippen LogP contribution in [0.2, 0.25) is 0 Å². The first-order valence-electron chi connectivity index (χ1n) is 22.2. The van der Waals surface area contributed by atoms with Crippen LogP contribution >= 0.6 is 0 Å². The number of carbonyl (C=O) groups is 5. The zero-order valence-corrected chi connectivity index (χ0v) is 37.5. The van der Waals surface area contributed by atoms with Crippen molar-refractivity contribution in [3.63, 3.8) is 0 Å². The molecule has 5 aliphatic rings. The number of carbonyl (C=O) groups excluding carboxylic acids is 5. The second-order valence-electron chi connectivity index (χ2n) is 19.6. The van der Waals surface area contributed by atoms with Crippen molar-refractivity contribution in [2.45, 2.75) is 130 Å². The van der Waals surface area contributed by atoms with Crippen molar-refractivity contribution < 1.29 is 33.4 Å². The summed E-state index contributed by atoms with van der Waals surface area (Å²) in [6, 6.07) is 14.2. The summed E-state index contributed by atoms with van der Waals surface area (Å²) in [6.07, 6.45) is 3.70. The highest BCUT2D eigenvalue weighted by Gasteiger charge is 2.64. The number of amides is 5. The molecule has 1 aromatic heterocycles. The van der Waals surface area contributed by atoms with Crippen molar-refractivity contribution in [2.75, 3.05) is 24.5 Å². The van der Waals surface area contributed by atoms with E-state index in [1.165, 1.54) is 0 Å². The molecule has 15 heteroatoms. The summed E-state index contributed by atoms with van der Waals surface area (Å²) in [6.45, 7) is 19.4. The quantitative estimate of drug-likeness (QED) is 0.218. The molecule has 0 bridgehead atoms. The topological polar surface area (TPSA) is 187 Å². The number of nitrogens with zero attached hydrogens (tertiary/aromatic N) is 6. The van der Waals surface area contributed by atoms with Crippen LogP contribution in [-0.4, -0.2) is 106 Å². The number of piperidine rings is 2. The van der Waals surface area contributed by atoms with Crippen LogP contribution in [0.5, 0.6) is 11.5 Å². The van der Waals surface area contributed by atoms with Gasteiger partial charge in [-0.25, -0.2) is 0 Å².